The van der Waals surface area contributed by atoms with Crippen molar-refractivity contribution in [3.8, 4) is 26.8 Å². The molecule has 0 spiro atoms. The Morgan fingerprint density at radius 2 is 1.14 bits per heavy atom. The lowest BCUT2D eigenvalue weighted by Crippen LogP contribution is -1.93. The normalized spacial score (nSPS) is 11.8. The molecule has 4 nitrogen and oxygen atoms in total. The summed E-state index contributed by atoms with van der Waals surface area (Å²) in [7, 11) is 0. The predicted molar refractivity (Wildman–Crippen MR) is 154 cm³/mol. The Hall–Kier alpha value is -4.74. The molecule has 3 heterocycles. The number of nitrogens with zero attached hydrogens (tertiary/aromatic N) is 3. The Morgan fingerprint density at radius 3 is 1.97 bits per heavy atom. The highest BCUT2D eigenvalue weighted by Gasteiger charge is 2.15. The number of fused-ring (bicyclic) bond motifs is 6. The van der Waals surface area contributed by atoms with Gasteiger partial charge < -0.3 is 9.55 Å². The molecule has 8 aromatic rings. The molecule has 0 saturated heterocycles. The molecule has 0 unspecified atom stereocenters. The first-order valence-electron chi connectivity index (χ1n) is 12.3. The van der Waals surface area contributed by atoms with Gasteiger partial charge in [0.15, 0.2) is 0 Å². The van der Waals surface area contributed by atoms with E-state index in [2.05, 4.69) is 135 Å². The van der Waals surface area contributed by atoms with Crippen LogP contribution >= 0.6 is 11.3 Å². The first-order chi connectivity index (χ1) is 18.3. The van der Waals surface area contributed by atoms with Crippen LogP contribution in [0.25, 0.3) is 70.4 Å². The van der Waals surface area contributed by atoms with Crippen LogP contribution in [0.15, 0.2) is 115 Å². The average Bonchev–Trinajstić information content (AvgIpc) is 3.67. The van der Waals surface area contributed by atoms with Crippen LogP contribution in [0.2, 0.25) is 0 Å². The van der Waals surface area contributed by atoms with E-state index in [1.165, 1.54) is 32.6 Å². The maximum atomic E-state index is 4.60. The average molecular weight is 493 g/mol. The summed E-state index contributed by atoms with van der Waals surface area (Å²) in [5.41, 5.74) is 7.92. The van der Waals surface area contributed by atoms with Gasteiger partial charge in [-0.2, -0.15) is 0 Å². The number of hydrogen-bond donors (Lipinski definition) is 1. The first kappa shape index (κ1) is 20.5. The van der Waals surface area contributed by atoms with E-state index in [1.54, 1.807) is 11.3 Å². The maximum Gasteiger partial charge on any atom is 0.148 e. The Bertz CT molecular complexity index is 2100. The smallest absolute Gasteiger partial charge is 0.148 e. The highest BCUT2D eigenvalue weighted by Crippen LogP contribution is 2.37. The number of H-pyrrole nitrogens is 1. The molecule has 0 aliphatic rings. The molecular formula is C32H20N4S. The van der Waals surface area contributed by atoms with Crippen LogP contribution < -0.4 is 0 Å². The summed E-state index contributed by atoms with van der Waals surface area (Å²) >= 11 is 1.63. The number of para-hydroxylation sites is 3. The third kappa shape index (κ3) is 3.14. The van der Waals surface area contributed by atoms with Crippen molar-refractivity contribution in [1.29, 1.82) is 0 Å². The van der Waals surface area contributed by atoms with Crippen molar-refractivity contribution in [3.63, 3.8) is 0 Å². The molecule has 174 valence electrons. The second kappa shape index (κ2) is 7.88. The van der Waals surface area contributed by atoms with Gasteiger partial charge in [-0.05, 0) is 36.4 Å². The van der Waals surface area contributed by atoms with E-state index in [0.29, 0.717) is 0 Å². The van der Waals surface area contributed by atoms with Gasteiger partial charge in [0.05, 0.1) is 11.0 Å². The SMILES string of the molecule is c1ccc(-n2c3ccccc3c3ccc(-c4nnc(-c5ccc6c(c5)[nH]c5ccccc56)s4)cc32)cc1. The predicted octanol–water partition coefficient (Wildman–Crippen LogP) is 8.60. The van der Waals surface area contributed by atoms with Gasteiger partial charge in [-0.15, -0.1) is 10.2 Å². The summed E-state index contributed by atoms with van der Waals surface area (Å²) in [4.78, 5) is 3.53. The molecule has 0 amide bonds. The van der Waals surface area contributed by atoms with Gasteiger partial charge in [-0.1, -0.05) is 90.2 Å². The van der Waals surface area contributed by atoms with E-state index in [1.807, 2.05) is 0 Å². The Labute approximate surface area is 216 Å². The second-order valence-corrected chi connectivity index (χ2v) is 10.2. The fraction of sp³-hybridized carbons (Fsp3) is 0. The molecule has 0 saturated carbocycles. The summed E-state index contributed by atoms with van der Waals surface area (Å²) in [5, 5.41) is 16.0. The quantitative estimate of drug-likeness (QED) is 0.268. The van der Waals surface area contributed by atoms with E-state index in [9.17, 15) is 0 Å². The highest BCUT2D eigenvalue weighted by molar-refractivity contribution is 7.17. The fourth-order valence-corrected chi connectivity index (χ4v) is 6.24. The zero-order valence-corrected chi connectivity index (χ0v) is 20.5. The van der Waals surface area contributed by atoms with Gasteiger partial charge in [-0.25, -0.2) is 0 Å². The second-order valence-electron chi connectivity index (χ2n) is 9.26. The van der Waals surface area contributed by atoms with Crippen LogP contribution in [0.5, 0.6) is 0 Å². The van der Waals surface area contributed by atoms with Crippen LogP contribution in [0, 0.1) is 0 Å². The molecule has 0 aliphatic heterocycles. The van der Waals surface area contributed by atoms with Crippen molar-refractivity contribution in [3.05, 3.63) is 115 Å². The molecule has 37 heavy (non-hydrogen) atoms. The summed E-state index contributed by atoms with van der Waals surface area (Å²) < 4.78 is 2.33. The number of aromatic nitrogens is 4. The summed E-state index contributed by atoms with van der Waals surface area (Å²) in [6.07, 6.45) is 0. The van der Waals surface area contributed by atoms with Crippen LogP contribution in [-0.2, 0) is 0 Å². The van der Waals surface area contributed by atoms with Crippen LogP contribution in [-0.4, -0.2) is 19.7 Å². The van der Waals surface area contributed by atoms with Gasteiger partial charge in [-0.3, -0.25) is 0 Å². The Kier molecular flexibility index (Phi) is 4.36. The zero-order chi connectivity index (χ0) is 24.3. The minimum Gasteiger partial charge on any atom is -0.354 e. The van der Waals surface area contributed by atoms with Crippen LogP contribution in [0.3, 0.4) is 0 Å². The highest BCUT2D eigenvalue weighted by atomic mass is 32.1. The van der Waals surface area contributed by atoms with E-state index < -0.39 is 0 Å². The maximum absolute atomic E-state index is 4.60. The number of nitrogens with one attached hydrogen (secondary N) is 1. The summed E-state index contributed by atoms with van der Waals surface area (Å²) in [6, 6.07) is 40.6. The van der Waals surface area contributed by atoms with E-state index >= 15 is 0 Å². The van der Waals surface area contributed by atoms with Gasteiger partial charge >= 0.3 is 0 Å². The van der Waals surface area contributed by atoms with Crippen LogP contribution in [0.4, 0.5) is 0 Å². The monoisotopic (exact) mass is 492 g/mol. The fourth-order valence-electron chi connectivity index (χ4n) is 5.40. The minimum absolute atomic E-state index is 0.915. The topological polar surface area (TPSA) is 46.5 Å². The summed E-state index contributed by atoms with van der Waals surface area (Å²) in [6.45, 7) is 0. The molecule has 5 heteroatoms. The van der Waals surface area contributed by atoms with Gasteiger partial charge in [0, 0.05) is 49.4 Å². The third-order valence-corrected chi connectivity index (χ3v) is 8.13. The molecule has 0 bridgehead atoms. The Balaban J connectivity index is 1.26. The first-order valence-corrected chi connectivity index (χ1v) is 13.1. The number of hydrogen-bond acceptors (Lipinski definition) is 3. The van der Waals surface area contributed by atoms with Crippen molar-refractivity contribution in [2.24, 2.45) is 0 Å². The summed E-state index contributed by atoms with van der Waals surface area (Å²) in [5.74, 6) is 0. The molecule has 8 rings (SSSR count). The van der Waals surface area contributed by atoms with Crippen LogP contribution in [0.1, 0.15) is 0 Å². The van der Waals surface area contributed by atoms with Gasteiger partial charge in [0.25, 0.3) is 0 Å². The molecule has 0 atom stereocenters. The number of benzene rings is 5. The standard InChI is InChI=1S/C32H20N4S/c1-2-8-22(9-3-1)36-29-13-7-5-11-25(29)26-17-15-21(19-30(26)36)32-35-34-31(37-32)20-14-16-24-23-10-4-6-12-27(23)33-28(24)18-20/h1-19,33H. The molecule has 5 aromatic carbocycles. The van der Waals surface area contributed by atoms with Crippen molar-refractivity contribution < 1.29 is 0 Å². The zero-order valence-electron chi connectivity index (χ0n) is 19.7. The molecular weight excluding hydrogens is 472 g/mol. The lowest BCUT2D eigenvalue weighted by Gasteiger charge is -2.07. The van der Waals surface area contributed by atoms with E-state index in [0.717, 1.165) is 37.9 Å². The minimum atomic E-state index is 0.915. The van der Waals surface area contributed by atoms with Gasteiger partial charge in [0.1, 0.15) is 10.0 Å². The lowest BCUT2D eigenvalue weighted by atomic mass is 10.1. The van der Waals surface area contributed by atoms with Gasteiger partial charge in [0.2, 0.25) is 0 Å². The van der Waals surface area contributed by atoms with Crippen molar-refractivity contribution in [2.75, 3.05) is 0 Å². The van der Waals surface area contributed by atoms with Crippen molar-refractivity contribution in [1.82, 2.24) is 19.7 Å². The number of rotatable bonds is 3. The molecule has 0 radical (unpaired) electrons. The number of aromatic amines is 1. The third-order valence-electron chi connectivity index (χ3n) is 7.11. The van der Waals surface area contributed by atoms with Crippen molar-refractivity contribution >= 4 is 54.9 Å². The van der Waals surface area contributed by atoms with E-state index in [4.69, 9.17) is 0 Å². The molecule has 0 aliphatic carbocycles. The molecule has 0 fully saturated rings. The Morgan fingerprint density at radius 1 is 0.514 bits per heavy atom. The lowest BCUT2D eigenvalue weighted by molar-refractivity contribution is 1.10. The largest absolute Gasteiger partial charge is 0.354 e. The van der Waals surface area contributed by atoms with E-state index in [-0.39, 0.29) is 0 Å². The molecule has 3 aromatic heterocycles. The van der Waals surface area contributed by atoms with Crippen molar-refractivity contribution in [2.45, 2.75) is 0 Å². The molecule has 1 N–H and O–H groups in total.